The van der Waals surface area contributed by atoms with E-state index in [0.29, 0.717) is 13.0 Å². The first-order chi connectivity index (χ1) is 4.81. The average molecular weight is 163 g/mol. The van der Waals surface area contributed by atoms with Gasteiger partial charge in [-0.2, -0.15) is 11.8 Å². The van der Waals surface area contributed by atoms with Crippen molar-refractivity contribution in [2.24, 2.45) is 5.73 Å². The summed E-state index contributed by atoms with van der Waals surface area (Å²) in [6.07, 6.45) is 0.487. The molecule has 0 bridgehead atoms. The molecule has 4 heteroatoms. The molecule has 10 heavy (non-hydrogen) atoms. The van der Waals surface area contributed by atoms with Gasteiger partial charge in [0, 0.05) is 18.1 Å². The number of carbonyl (C=O) groups is 1. The van der Waals surface area contributed by atoms with Crippen molar-refractivity contribution in [3.05, 3.63) is 0 Å². The van der Waals surface area contributed by atoms with Crippen LogP contribution in [0, 0.1) is 0 Å². The van der Waals surface area contributed by atoms with E-state index in [-0.39, 0.29) is 5.97 Å². The van der Waals surface area contributed by atoms with Gasteiger partial charge >= 0.3 is 5.97 Å². The lowest BCUT2D eigenvalue weighted by atomic mass is 10.5. The number of carbonyl (C=O) groups excluding carboxylic acids is 1. The van der Waals surface area contributed by atoms with Crippen LogP contribution in [0.5, 0.6) is 0 Å². The molecule has 0 atom stereocenters. The second-order valence-electron chi connectivity index (χ2n) is 1.73. The van der Waals surface area contributed by atoms with Crippen molar-refractivity contribution in [2.75, 3.05) is 25.2 Å². The van der Waals surface area contributed by atoms with Crippen LogP contribution in [0.15, 0.2) is 0 Å². The Hall–Kier alpha value is -0.220. The molecule has 0 unspecified atom stereocenters. The van der Waals surface area contributed by atoms with Crippen molar-refractivity contribution in [1.29, 1.82) is 0 Å². The third kappa shape index (κ3) is 5.91. The lowest BCUT2D eigenvalue weighted by Crippen LogP contribution is -2.05. The Morgan fingerprint density at radius 2 is 2.30 bits per heavy atom. The molecule has 0 amide bonds. The van der Waals surface area contributed by atoms with Gasteiger partial charge in [0.15, 0.2) is 0 Å². The predicted molar refractivity (Wildman–Crippen MR) is 43.0 cm³/mol. The van der Waals surface area contributed by atoms with Gasteiger partial charge in [-0.1, -0.05) is 0 Å². The lowest BCUT2D eigenvalue weighted by molar-refractivity contribution is -0.140. The predicted octanol–water partition coefficient (Wildman–Crippen LogP) is 0.241. The van der Waals surface area contributed by atoms with Crippen LogP contribution in [0.25, 0.3) is 0 Å². The summed E-state index contributed by atoms with van der Waals surface area (Å²) in [4.78, 5) is 10.5. The Labute approximate surface area is 65.3 Å². The van der Waals surface area contributed by atoms with Crippen LogP contribution >= 0.6 is 11.8 Å². The number of ether oxygens (including phenoxy) is 1. The maximum absolute atomic E-state index is 10.5. The summed E-state index contributed by atoms with van der Waals surface area (Å²) in [6, 6.07) is 0. The molecular weight excluding hydrogens is 150 g/mol. The van der Waals surface area contributed by atoms with Crippen LogP contribution in [0.4, 0.5) is 0 Å². The van der Waals surface area contributed by atoms with Crippen molar-refractivity contribution in [1.82, 2.24) is 0 Å². The monoisotopic (exact) mass is 163 g/mol. The van der Waals surface area contributed by atoms with Crippen LogP contribution in [0.1, 0.15) is 6.42 Å². The Bertz CT molecular complexity index is 97.7. The lowest BCUT2D eigenvalue weighted by Gasteiger charge is -1.97. The van der Waals surface area contributed by atoms with Crippen LogP contribution in [-0.2, 0) is 9.53 Å². The van der Waals surface area contributed by atoms with Gasteiger partial charge in [0.1, 0.15) is 0 Å². The first kappa shape index (κ1) is 9.78. The average Bonchev–Trinajstić information content (AvgIpc) is 1.98. The fourth-order valence-corrected chi connectivity index (χ4v) is 1.12. The zero-order valence-electron chi connectivity index (χ0n) is 6.13. The molecule has 2 N–H and O–H groups in total. The molecule has 0 radical (unpaired) electrons. The van der Waals surface area contributed by atoms with Gasteiger partial charge in [0.25, 0.3) is 0 Å². The van der Waals surface area contributed by atoms with E-state index in [1.165, 1.54) is 7.11 Å². The quantitative estimate of drug-likeness (QED) is 0.466. The number of rotatable bonds is 5. The summed E-state index contributed by atoms with van der Waals surface area (Å²) < 4.78 is 4.45. The van der Waals surface area contributed by atoms with Gasteiger partial charge < -0.3 is 10.5 Å². The highest BCUT2D eigenvalue weighted by molar-refractivity contribution is 7.99. The third-order valence-corrected chi connectivity index (χ3v) is 1.96. The number of thioether (sulfide) groups is 1. The zero-order valence-corrected chi connectivity index (χ0v) is 6.95. The van der Waals surface area contributed by atoms with Crippen molar-refractivity contribution >= 4 is 17.7 Å². The van der Waals surface area contributed by atoms with E-state index in [4.69, 9.17) is 5.73 Å². The number of hydrogen-bond donors (Lipinski definition) is 1. The first-order valence-corrected chi connectivity index (χ1v) is 4.31. The normalized spacial score (nSPS) is 9.40. The molecule has 0 aromatic carbocycles. The highest BCUT2D eigenvalue weighted by atomic mass is 32.2. The van der Waals surface area contributed by atoms with Crippen LogP contribution in [0.3, 0.4) is 0 Å². The van der Waals surface area contributed by atoms with Gasteiger partial charge in [0.2, 0.25) is 0 Å². The van der Waals surface area contributed by atoms with Crippen LogP contribution < -0.4 is 5.73 Å². The van der Waals surface area contributed by atoms with Crippen molar-refractivity contribution in [2.45, 2.75) is 6.42 Å². The zero-order chi connectivity index (χ0) is 7.82. The molecule has 3 nitrogen and oxygen atoms in total. The summed E-state index contributed by atoms with van der Waals surface area (Å²) in [5.41, 5.74) is 5.24. The second kappa shape index (κ2) is 6.89. The molecule has 0 rings (SSSR count). The SMILES string of the molecule is COC(=O)CCSCCN. The van der Waals surface area contributed by atoms with E-state index in [1.807, 2.05) is 0 Å². The van der Waals surface area contributed by atoms with Crippen molar-refractivity contribution < 1.29 is 9.53 Å². The fourth-order valence-electron chi connectivity index (χ4n) is 0.443. The molecule has 0 saturated heterocycles. The molecule has 0 saturated carbocycles. The minimum absolute atomic E-state index is 0.149. The van der Waals surface area contributed by atoms with Gasteiger partial charge in [-0.25, -0.2) is 0 Å². The molecule has 0 aliphatic heterocycles. The molecule has 0 aromatic heterocycles. The van der Waals surface area contributed by atoms with Crippen LogP contribution in [0.2, 0.25) is 0 Å². The largest absolute Gasteiger partial charge is 0.469 e. The number of methoxy groups -OCH3 is 1. The minimum Gasteiger partial charge on any atom is -0.469 e. The highest BCUT2D eigenvalue weighted by Crippen LogP contribution is 2.00. The summed E-state index contributed by atoms with van der Waals surface area (Å²) in [6.45, 7) is 0.672. The van der Waals surface area contributed by atoms with Gasteiger partial charge in [-0.05, 0) is 0 Å². The second-order valence-corrected chi connectivity index (χ2v) is 2.95. The molecule has 0 aliphatic rings. The van der Waals surface area contributed by atoms with Crippen LogP contribution in [-0.4, -0.2) is 31.1 Å². The molecule has 0 heterocycles. The molecule has 0 fully saturated rings. The van der Waals surface area contributed by atoms with E-state index in [2.05, 4.69) is 4.74 Å². The highest BCUT2D eigenvalue weighted by Gasteiger charge is 1.97. The minimum atomic E-state index is -0.149. The third-order valence-electron chi connectivity index (χ3n) is 0.940. The summed E-state index contributed by atoms with van der Waals surface area (Å²) >= 11 is 1.67. The van der Waals surface area contributed by atoms with Gasteiger partial charge in [-0.3, -0.25) is 4.79 Å². The standard InChI is InChI=1S/C6H13NO2S/c1-9-6(8)2-4-10-5-3-7/h2-5,7H2,1H3. The van der Waals surface area contributed by atoms with Gasteiger partial charge in [0.05, 0.1) is 13.5 Å². The smallest absolute Gasteiger partial charge is 0.306 e. The Kier molecular flexibility index (Phi) is 6.74. The summed E-state index contributed by atoms with van der Waals surface area (Å²) in [5.74, 6) is 1.57. The molecule has 0 aromatic rings. The van der Waals surface area contributed by atoms with E-state index < -0.39 is 0 Å². The maximum Gasteiger partial charge on any atom is 0.306 e. The molecule has 0 spiro atoms. The van der Waals surface area contributed by atoms with Crippen molar-refractivity contribution in [3.63, 3.8) is 0 Å². The van der Waals surface area contributed by atoms with E-state index >= 15 is 0 Å². The van der Waals surface area contributed by atoms with E-state index in [9.17, 15) is 4.79 Å². The molecule has 0 aliphatic carbocycles. The maximum atomic E-state index is 10.5. The number of nitrogens with two attached hydrogens (primary N) is 1. The number of esters is 1. The first-order valence-electron chi connectivity index (χ1n) is 3.16. The number of hydrogen-bond acceptors (Lipinski definition) is 4. The fraction of sp³-hybridized carbons (Fsp3) is 0.833. The molecular formula is C6H13NO2S. The Balaban J connectivity index is 2.96. The Morgan fingerprint density at radius 1 is 1.60 bits per heavy atom. The van der Waals surface area contributed by atoms with Gasteiger partial charge in [-0.15, -0.1) is 0 Å². The molecule has 60 valence electrons. The topological polar surface area (TPSA) is 52.3 Å². The Morgan fingerprint density at radius 3 is 2.80 bits per heavy atom. The summed E-state index contributed by atoms with van der Waals surface area (Å²) in [7, 11) is 1.40. The van der Waals surface area contributed by atoms with E-state index in [0.717, 1.165) is 11.5 Å². The summed E-state index contributed by atoms with van der Waals surface area (Å²) in [5, 5.41) is 0. The van der Waals surface area contributed by atoms with E-state index in [1.54, 1.807) is 11.8 Å². The van der Waals surface area contributed by atoms with Crippen molar-refractivity contribution in [3.8, 4) is 0 Å².